The van der Waals surface area contributed by atoms with Gasteiger partial charge in [0.1, 0.15) is 5.82 Å². The summed E-state index contributed by atoms with van der Waals surface area (Å²) in [5.74, 6) is -0.341. The Bertz CT molecular complexity index is 381. The molecule has 80 valence electrons. The summed E-state index contributed by atoms with van der Waals surface area (Å²) in [4.78, 5) is 0. The van der Waals surface area contributed by atoms with Crippen molar-refractivity contribution in [3.63, 3.8) is 0 Å². The standard InChI is InChI=1S/C11H14FNOSi/c1-15(2,3)14-11(8-13)9-5-4-6-10(12)7-9/h4-7,11H,1-3H3/t11-/m1/s1. The predicted molar refractivity (Wildman–Crippen MR) is 59.2 cm³/mol. The van der Waals surface area contributed by atoms with E-state index in [0.29, 0.717) is 5.56 Å². The van der Waals surface area contributed by atoms with Crippen LogP contribution in [0.15, 0.2) is 24.3 Å². The summed E-state index contributed by atoms with van der Waals surface area (Å²) in [6, 6.07) is 8.03. The van der Waals surface area contributed by atoms with Gasteiger partial charge in [0.15, 0.2) is 14.4 Å². The molecule has 0 spiro atoms. The Morgan fingerprint density at radius 1 is 1.40 bits per heavy atom. The van der Waals surface area contributed by atoms with Crippen molar-refractivity contribution in [3.8, 4) is 6.07 Å². The van der Waals surface area contributed by atoms with Crippen molar-refractivity contribution >= 4 is 8.32 Å². The van der Waals surface area contributed by atoms with Crippen molar-refractivity contribution in [2.24, 2.45) is 0 Å². The van der Waals surface area contributed by atoms with Crippen LogP contribution in [0.3, 0.4) is 0 Å². The molecular formula is C11H14FNOSi. The Labute approximate surface area is 90.4 Å². The molecular weight excluding hydrogens is 209 g/mol. The van der Waals surface area contributed by atoms with E-state index in [2.05, 4.69) is 0 Å². The van der Waals surface area contributed by atoms with Gasteiger partial charge in [-0.2, -0.15) is 5.26 Å². The third kappa shape index (κ3) is 3.82. The lowest BCUT2D eigenvalue weighted by Gasteiger charge is -2.21. The minimum Gasteiger partial charge on any atom is -0.399 e. The van der Waals surface area contributed by atoms with Crippen LogP contribution < -0.4 is 0 Å². The second-order valence-electron chi connectivity index (χ2n) is 4.29. The van der Waals surface area contributed by atoms with E-state index in [0.717, 1.165) is 0 Å². The van der Waals surface area contributed by atoms with Crippen molar-refractivity contribution in [3.05, 3.63) is 35.6 Å². The average molecular weight is 223 g/mol. The maximum atomic E-state index is 12.9. The second kappa shape index (κ2) is 4.56. The molecule has 0 saturated carbocycles. The molecule has 2 nitrogen and oxygen atoms in total. The molecule has 0 bridgehead atoms. The van der Waals surface area contributed by atoms with Gasteiger partial charge in [-0.1, -0.05) is 12.1 Å². The van der Waals surface area contributed by atoms with Gasteiger partial charge >= 0.3 is 0 Å². The molecule has 0 radical (unpaired) electrons. The number of rotatable bonds is 3. The molecule has 0 aromatic heterocycles. The fourth-order valence-electron chi connectivity index (χ4n) is 1.19. The number of benzene rings is 1. The van der Waals surface area contributed by atoms with Gasteiger partial charge in [-0.3, -0.25) is 0 Å². The monoisotopic (exact) mass is 223 g/mol. The summed E-state index contributed by atoms with van der Waals surface area (Å²) in [6.45, 7) is 5.99. The van der Waals surface area contributed by atoms with Crippen LogP contribution in [0.1, 0.15) is 11.7 Å². The topological polar surface area (TPSA) is 33.0 Å². The number of hydrogen-bond donors (Lipinski definition) is 0. The highest BCUT2D eigenvalue weighted by molar-refractivity contribution is 6.69. The molecule has 0 heterocycles. The zero-order chi connectivity index (χ0) is 11.5. The van der Waals surface area contributed by atoms with Gasteiger partial charge in [0.2, 0.25) is 0 Å². The number of halogens is 1. The van der Waals surface area contributed by atoms with Crippen LogP contribution in [-0.4, -0.2) is 8.32 Å². The minimum absolute atomic E-state index is 0.341. The Balaban J connectivity index is 2.90. The molecule has 0 unspecified atom stereocenters. The second-order valence-corrected chi connectivity index (χ2v) is 8.75. The van der Waals surface area contributed by atoms with E-state index in [1.807, 2.05) is 25.7 Å². The molecule has 1 rings (SSSR count). The highest BCUT2D eigenvalue weighted by Crippen LogP contribution is 2.21. The molecule has 0 N–H and O–H groups in total. The first-order valence-electron chi connectivity index (χ1n) is 4.75. The van der Waals surface area contributed by atoms with Crippen LogP contribution in [0.2, 0.25) is 19.6 Å². The van der Waals surface area contributed by atoms with Crippen molar-refractivity contribution in [1.82, 2.24) is 0 Å². The van der Waals surface area contributed by atoms with Crippen molar-refractivity contribution in [1.29, 1.82) is 5.26 Å². The first-order valence-corrected chi connectivity index (χ1v) is 8.16. The van der Waals surface area contributed by atoms with Crippen LogP contribution >= 0.6 is 0 Å². The molecule has 0 aliphatic heterocycles. The quantitative estimate of drug-likeness (QED) is 0.737. The SMILES string of the molecule is C[Si](C)(C)O[C@H](C#N)c1cccc(F)c1. The number of hydrogen-bond acceptors (Lipinski definition) is 2. The zero-order valence-electron chi connectivity index (χ0n) is 9.12. The van der Waals surface area contributed by atoms with Gasteiger partial charge in [-0.15, -0.1) is 0 Å². The molecule has 1 aromatic carbocycles. The molecule has 0 aliphatic rings. The predicted octanol–water partition coefficient (Wildman–Crippen LogP) is 3.24. The molecule has 15 heavy (non-hydrogen) atoms. The van der Waals surface area contributed by atoms with E-state index in [-0.39, 0.29) is 5.82 Å². The van der Waals surface area contributed by atoms with Gasteiger partial charge in [-0.05, 0) is 37.3 Å². The van der Waals surface area contributed by atoms with Crippen LogP contribution in [0.5, 0.6) is 0 Å². The lowest BCUT2D eigenvalue weighted by Crippen LogP contribution is -2.27. The van der Waals surface area contributed by atoms with E-state index in [9.17, 15) is 4.39 Å². The van der Waals surface area contributed by atoms with E-state index in [4.69, 9.17) is 9.69 Å². The Morgan fingerprint density at radius 2 is 2.07 bits per heavy atom. The lowest BCUT2D eigenvalue weighted by molar-refractivity contribution is 0.254. The van der Waals surface area contributed by atoms with Crippen LogP contribution in [0.25, 0.3) is 0 Å². The molecule has 0 fully saturated rings. The first kappa shape index (κ1) is 11.9. The normalized spacial score (nSPS) is 13.3. The van der Waals surface area contributed by atoms with E-state index < -0.39 is 14.4 Å². The lowest BCUT2D eigenvalue weighted by atomic mass is 10.1. The van der Waals surface area contributed by atoms with Gasteiger partial charge in [0.05, 0.1) is 6.07 Å². The maximum absolute atomic E-state index is 12.9. The fourth-order valence-corrected chi connectivity index (χ4v) is 2.09. The Hall–Kier alpha value is -1.18. The number of nitriles is 1. The van der Waals surface area contributed by atoms with E-state index >= 15 is 0 Å². The van der Waals surface area contributed by atoms with Crippen molar-refractivity contribution in [2.75, 3.05) is 0 Å². The third-order valence-electron chi connectivity index (χ3n) is 1.74. The van der Waals surface area contributed by atoms with Gasteiger partial charge in [0, 0.05) is 0 Å². The summed E-state index contributed by atoms with van der Waals surface area (Å²) < 4.78 is 18.6. The highest BCUT2D eigenvalue weighted by atomic mass is 28.4. The summed E-state index contributed by atoms with van der Waals surface area (Å²) in [6.07, 6.45) is -0.660. The molecule has 1 aromatic rings. The smallest absolute Gasteiger partial charge is 0.186 e. The average Bonchev–Trinajstić information content (AvgIpc) is 2.13. The maximum Gasteiger partial charge on any atom is 0.186 e. The summed E-state index contributed by atoms with van der Waals surface area (Å²) >= 11 is 0. The molecule has 0 aliphatic carbocycles. The number of nitrogens with zero attached hydrogens (tertiary/aromatic N) is 1. The third-order valence-corrected chi connectivity index (χ3v) is 2.68. The molecule has 4 heteroatoms. The molecule has 1 atom stereocenters. The summed E-state index contributed by atoms with van der Waals surface area (Å²) in [7, 11) is -1.79. The largest absolute Gasteiger partial charge is 0.399 e. The highest BCUT2D eigenvalue weighted by Gasteiger charge is 2.22. The van der Waals surface area contributed by atoms with Gasteiger partial charge in [0.25, 0.3) is 0 Å². The van der Waals surface area contributed by atoms with Crippen molar-refractivity contribution < 1.29 is 8.82 Å². The molecule has 0 amide bonds. The Kier molecular flexibility index (Phi) is 3.61. The van der Waals surface area contributed by atoms with E-state index in [1.54, 1.807) is 12.1 Å². The fraction of sp³-hybridized carbons (Fsp3) is 0.364. The van der Waals surface area contributed by atoms with Gasteiger partial charge < -0.3 is 4.43 Å². The van der Waals surface area contributed by atoms with Crippen LogP contribution in [0.4, 0.5) is 4.39 Å². The van der Waals surface area contributed by atoms with Crippen LogP contribution in [-0.2, 0) is 4.43 Å². The van der Waals surface area contributed by atoms with Gasteiger partial charge in [-0.25, -0.2) is 4.39 Å². The molecule has 0 saturated heterocycles. The minimum atomic E-state index is -1.79. The van der Waals surface area contributed by atoms with Crippen LogP contribution in [0, 0.1) is 17.1 Å². The summed E-state index contributed by atoms with van der Waals surface area (Å²) in [5.41, 5.74) is 0.583. The Morgan fingerprint density at radius 3 is 2.53 bits per heavy atom. The summed E-state index contributed by atoms with van der Waals surface area (Å²) in [5, 5.41) is 8.96. The van der Waals surface area contributed by atoms with E-state index in [1.165, 1.54) is 12.1 Å². The first-order chi connectivity index (χ1) is 6.92. The zero-order valence-corrected chi connectivity index (χ0v) is 10.1. The van der Waals surface area contributed by atoms with Crippen molar-refractivity contribution in [2.45, 2.75) is 25.7 Å².